The zero-order valence-corrected chi connectivity index (χ0v) is 21.1. The van der Waals surface area contributed by atoms with E-state index < -0.39 is 20.7 Å². The smallest absolute Gasteiger partial charge is 0.265 e. The molecule has 7 nitrogen and oxygen atoms in total. The molecule has 2 N–H and O–H groups in total. The van der Waals surface area contributed by atoms with E-state index in [0.717, 1.165) is 54.4 Å². The fraction of sp³-hybridized carbons (Fsp3) is 0.286. The quantitative estimate of drug-likeness (QED) is 0.337. The number of sulfonamides is 1. The Hall–Kier alpha value is -2.11. The van der Waals surface area contributed by atoms with Crippen LogP contribution in [0.2, 0.25) is 9.36 Å². The van der Waals surface area contributed by atoms with E-state index in [2.05, 4.69) is 19.9 Å². The van der Waals surface area contributed by atoms with Gasteiger partial charge in [-0.3, -0.25) is 4.72 Å². The maximum Gasteiger partial charge on any atom is 0.265 e. The van der Waals surface area contributed by atoms with Crippen molar-refractivity contribution in [1.82, 2.24) is 10.3 Å². The van der Waals surface area contributed by atoms with Crippen LogP contribution in [-0.2, 0) is 16.6 Å². The molecule has 0 atom stereocenters. The number of aromatic nitrogens is 1. The van der Waals surface area contributed by atoms with Crippen molar-refractivity contribution < 1.29 is 17.5 Å². The maximum atomic E-state index is 14.7. The molecule has 0 saturated carbocycles. The summed E-state index contributed by atoms with van der Waals surface area (Å²) in [5.74, 6) is -1.00. The molecule has 178 valence electrons. The van der Waals surface area contributed by atoms with Crippen molar-refractivity contribution in [3.63, 3.8) is 0 Å². The first kappa shape index (κ1) is 25.5. The number of likely N-dealkylation sites (N-methyl/N-ethyl adjacent to an activating group) is 2. The predicted molar refractivity (Wildman–Crippen MR) is 132 cm³/mol. The molecule has 3 aromatic rings. The molecule has 1 aromatic heterocycles. The van der Waals surface area contributed by atoms with Crippen LogP contribution in [0.4, 0.5) is 15.2 Å². The monoisotopic (exact) mass is 532 g/mol. The number of halogens is 3. The highest BCUT2D eigenvalue weighted by molar-refractivity contribution is 7.93. The summed E-state index contributed by atoms with van der Waals surface area (Å²) < 4.78 is 48.2. The van der Waals surface area contributed by atoms with Gasteiger partial charge >= 0.3 is 0 Å². The van der Waals surface area contributed by atoms with E-state index in [0.29, 0.717) is 4.34 Å². The molecule has 0 bridgehead atoms. The summed E-state index contributed by atoms with van der Waals surface area (Å²) in [6, 6.07) is 9.61. The van der Waals surface area contributed by atoms with E-state index in [-0.39, 0.29) is 22.5 Å². The second-order valence-electron chi connectivity index (χ2n) is 6.98. The molecule has 0 amide bonds. The summed E-state index contributed by atoms with van der Waals surface area (Å²) in [5.41, 5.74) is 1.80. The summed E-state index contributed by atoms with van der Waals surface area (Å²) >= 11 is 12.9. The van der Waals surface area contributed by atoms with Crippen LogP contribution in [0.1, 0.15) is 12.5 Å². The van der Waals surface area contributed by atoms with Crippen LogP contribution in [0.3, 0.4) is 0 Å². The predicted octanol–water partition coefficient (Wildman–Crippen LogP) is 5.01. The highest BCUT2D eigenvalue weighted by atomic mass is 35.5. The van der Waals surface area contributed by atoms with Gasteiger partial charge in [-0.2, -0.15) is 0 Å². The number of anilines is 2. The van der Waals surface area contributed by atoms with E-state index in [4.69, 9.17) is 27.9 Å². The highest BCUT2D eigenvalue weighted by Gasteiger charge is 2.23. The Bertz CT molecular complexity index is 1210. The molecular formula is C21H23Cl2FN4O3S2. The average molecular weight is 533 g/mol. The minimum atomic E-state index is -4.17. The van der Waals surface area contributed by atoms with Crippen LogP contribution >= 0.6 is 34.5 Å². The summed E-state index contributed by atoms with van der Waals surface area (Å²) in [6.07, 6.45) is 1.30. The molecule has 0 aliphatic heterocycles. The summed E-state index contributed by atoms with van der Waals surface area (Å²) in [4.78, 5) is 5.49. The van der Waals surface area contributed by atoms with Crippen LogP contribution in [-0.4, -0.2) is 40.1 Å². The Balaban J connectivity index is 1.75. The lowest BCUT2D eigenvalue weighted by Gasteiger charge is -2.23. The number of nitrogens with one attached hydrogen (secondary N) is 2. The molecule has 0 aliphatic rings. The third-order valence-electron chi connectivity index (χ3n) is 4.64. The lowest BCUT2D eigenvalue weighted by atomic mass is 10.1. The zero-order chi connectivity index (χ0) is 24.0. The summed E-state index contributed by atoms with van der Waals surface area (Å²) in [7, 11) is -2.20. The Morgan fingerprint density at radius 1 is 1.24 bits per heavy atom. The van der Waals surface area contributed by atoms with Gasteiger partial charge in [0, 0.05) is 37.5 Å². The Morgan fingerprint density at radius 2 is 2.00 bits per heavy atom. The van der Waals surface area contributed by atoms with Crippen molar-refractivity contribution in [2.24, 2.45) is 0 Å². The Labute approximate surface area is 206 Å². The SMILES string of the molecule is CCNCCN(C)c1ccccc1COc1cc(Cl)c(S(=O)(=O)Nc2ncc(Cl)s2)cc1F. The molecule has 0 radical (unpaired) electrons. The molecule has 3 rings (SSSR count). The van der Waals surface area contributed by atoms with E-state index in [9.17, 15) is 12.8 Å². The number of hydrogen-bond donors (Lipinski definition) is 2. The van der Waals surface area contributed by atoms with Crippen LogP contribution in [0, 0.1) is 5.82 Å². The second-order valence-corrected chi connectivity index (χ2v) is 10.7. The van der Waals surface area contributed by atoms with Crippen molar-refractivity contribution in [3.8, 4) is 5.75 Å². The second kappa shape index (κ2) is 11.3. The van der Waals surface area contributed by atoms with Gasteiger partial charge in [0.2, 0.25) is 0 Å². The van der Waals surface area contributed by atoms with Gasteiger partial charge in [0.05, 0.1) is 11.2 Å². The molecular weight excluding hydrogens is 510 g/mol. The lowest BCUT2D eigenvalue weighted by Crippen LogP contribution is -2.29. The van der Waals surface area contributed by atoms with Crippen molar-refractivity contribution in [3.05, 3.63) is 63.3 Å². The summed E-state index contributed by atoms with van der Waals surface area (Å²) in [5, 5.41) is 3.14. The highest BCUT2D eigenvalue weighted by Crippen LogP contribution is 2.32. The standard InChI is InChI=1S/C21H23Cl2FN4O3S2/c1-3-25-8-9-28(2)17-7-5-4-6-14(17)13-31-18-10-15(22)19(11-16(18)24)33(29,30)27-21-26-12-20(23)32-21/h4-7,10-12,25H,3,8-9,13H2,1-2H3,(H,26,27). The van der Waals surface area contributed by atoms with Crippen molar-refractivity contribution in [2.75, 3.05) is 36.3 Å². The van der Waals surface area contributed by atoms with Gasteiger partial charge in [0.15, 0.2) is 16.7 Å². The van der Waals surface area contributed by atoms with Crippen LogP contribution in [0.25, 0.3) is 0 Å². The van der Waals surface area contributed by atoms with Crippen LogP contribution < -0.4 is 19.7 Å². The molecule has 0 unspecified atom stereocenters. The number of nitrogens with zero attached hydrogens (tertiary/aromatic N) is 2. The first-order valence-corrected chi connectivity index (χ1v) is 13.0. The average Bonchev–Trinajstić information content (AvgIpc) is 3.18. The number of hydrogen-bond acceptors (Lipinski definition) is 7. The third kappa shape index (κ3) is 6.70. The van der Waals surface area contributed by atoms with Crippen LogP contribution in [0.5, 0.6) is 5.75 Å². The van der Waals surface area contributed by atoms with Crippen molar-refractivity contribution in [1.29, 1.82) is 0 Å². The molecule has 0 saturated heterocycles. The van der Waals surface area contributed by atoms with E-state index in [1.54, 1.807) is 0 Å². The van der Waals surface area contributed by atoms with Gasteiger partial charge in [0.1, 0.15) is 15.8 Å². The molecule has 0 spiro atoms. The molecule has 12 heteroatoms. The number of thiazole rings is 1. The maximum absolute atomic E-state index is 14.7. The Morgan fingerprint density at radius 3 is 2.70 bits per heavy atom. The fourth-order valence-electron chi connectivity index (χ4n) is 3.00. The zero-order valence-electron chi connectivity index (χ0n) is 17.9. The van der Waals surface area contributed by atoms with Crippen molar-refractivity contribution in [2.45, 2.75) is 18.4 Å². The number of benzene rings is 2. The van der Waals surface area contributed by atoms with Gasteiger partial charge in [-0.1, -0.05) is 59.7 Å². The normalized spacial score (nSPS) is 11.4. The fourth-order valence-corrected chi connectivity index (χ4v) is 5.59. The largest absolute Gasteiger partial charge is 0.486 e. The van der Waals surface area contributed by atoms with Crippen LogP contribution in [0.15, 0.2) is 47.5 Å². The van der Waals surface area contributed by atoms with Gasteiger partial charge in [-0.25, -0.2) is 17.8 Å². The first-order chi connectivity index (χ1) is 15.7. The molecule has 0 fully saturated rings. The summed E-state index contributed by atoms with van der Waals surface area (Å²) in [6.45, 7) is 4.62. The van der Waals surface area contributed by atoms with E-state index in [1.807, 2.05) is 38.2 Å². The van der Waals surface area contributed by atoms with E-state index in [1.165, 1.54) is 6.20 Å². The van der Waals surface area contributed by atoms with E-state index >= 15 is 0 Å². The first-order valence-electron chi connectivity index (χ1n) is 9.97. The van der Waals surface area contributed by atoms with Gasteiger partial charge in [-0.05, 0) is 18.7 Å². The number of ether oxygens (including phenoxy) is 1. The topological polar surface area (TPSA) is 83.6 Å². The minimum absolute atomic E-state index is 0.0478. The number of rotatable bonds is 11. The molecule has 2 aromatic carbocycles. The Kier molecular flexibility index (Phi) is 8.77. The van der Waals surface area contributed by atoms with Crippen molar-refractivity contribution >= 4 is 55.4 Å². The lowest BCUT2D eigenvalue weighted by molar-refractivity contribution is 0.290. The molecule has 1 heterocycles. The molecule has 33 heavy (non-hydrogen) atoms. The van der Waals surface area contributed by atoms with Gasteiger partial charge in [-0.15, -0.1) is 0 Å². The van der Waals surface area contributed by atoms with Gasteiger partial charge < -0.3 is 15.0 Å². The molecule has 0 aliphatic carbocycles. The third-order valence-corrected chi connectivity index (χ3v) is 7.60. The van der Waals surface area contributed by atoms with Gasteiger partial charge in [0.25, 0.3) is 10.0 Å². The number of para-hydroxylation sites is 1. The minimum Gasteiger partial charge on any atom is -0.486 e.